The van der Waals surface area contributed by atoms with E-state index in [1.54, 1.807) is 17.9 Å². The third-order valence-electron chi connectivity index (χ3n) is 2.43. The van der Waals surface area contributed by atoms with Gasteiger partial charge in [-0.05, 0) is 6.07 Å². The zero-order valence-corrected chi connectivity index (χ0v) is 10.9. The minimum absolute atomic E-state index is 0.246. The summed E-state index contributed by atoms with van der Waals surface area (Å²) < 4.78 is 6.34. The molecule has 1 heterocycles. The molecule has 1 aromatic heterocycles. The Balaban J connectivity index is 2.30. The average Bonchev–Trinajstić information content (AvgIpc) is 2.78. The van der Waals surface area contributed by atoms with E-state index in [0.717, 1.165) is 5.69 Å². The molecule has 100 valence electrons. The zero-order chi connectivity index (χ0) is 13.4. The number of ether oxygens (including phenoxy) is 1. The van der Waals surface area contributed by atoms with Crippen LogP contribution in [0.3, 0.4) is 0 Å². The van der Waals surface area contributed by atoms with Gasteiger partial charge in [0.2, 0.25) is 0 Å². The molecule has 0 radical (unpaired) electrons. The van der Waals surface area contributed by atoms with Gasteiger partial charge < -0.3 is 15.4 Å². The molecular formula is C11H19N5O2. The number of carbonyl (C=O) groups is 1. The molecule has 2 N–H and O–H groups in total. The largest absolute Gasteiger partial charge is 0.469 e. The number of carbonyl (C=O) groups excluding carboxylic acids is 1. The Morgan fingerprint density at radius 2 is 2.33 bits per heavy atom. The molecule has 7 heteroatoms. The minimum atomic E-state index is -0.246. The smallest absolute Gasteiger partial charge is 0.307 e. The van der Waals surface area contributed by atoms with Crippen LogP contribution in [0, 0.1) is 0 Å². The summed E-state index contributed by atoms with van der Waals surface area (Å²) in [5.74, 6) is 0.393. The molecule has 0 amide bonds. The van der Waals surface area contributed by atoms with Gasteiger partial charge in [-0.1, -0.05) is 0 Å². The number of methoxy groups -OCH3 is 1. The Morgan fingerprint density at radius 1 is 1.56 bits per heavy atom. The van der Waals surface area contributed by atoms with E-state index in [1.165, 1.54) is 7.11 Å². The quantitative estimate of drug-likeness (QED) is 0.426. The molecule has 0 bridgehead atoms. The lowest BCUT2D eigenvalue weighted by atomic mass is 10.4. The first-order valence-corrected chi connectivity index (χ1v) is 5.65. The lowest BCUT2D eigenvalue weighted by molar-refractivity contribution is -0.140. The summed E-state index contributed by atoms with van der Waals surface area (Å²) in [5, 5.41) is 10.2. The van der Waals surface area contributed by atoms with E-state index in [1.807, 2.05) is 13.1 Å². The van der Waals surface area contributed by atoms with Gasteiger partial charge in [-0.3, -0.25) is 14.5 Å². The van der Waals surface area contributed by atoms with Crippen LogP contribution in [-0.4, -0.2) is 42.4 Å². The molecule has 7 nitrogen and oxygen atoms in total. The molecule has 0 aliphatic heterocycles. The van der Waals surface area contributed by atoms with Crippen LogP contribution in [0.5, 0.6) is 0 Å². The van der Waals surface area contributed by atoms with E-state index in [4.69, 9.17) is 0 Å². The lowest BCUT2D eigenvalue weighted by Gasteiger charge is -2.11. The fourth-order valence-electron chi connectivity index (χ4n) is 1.35. The molecule has 1 rings (SSSR count). The van der Waals surface area contributed by atoms with E-state index in [0.29, 0.717) is 25.5 Å². The molecule has 1 aromatic rings. The number of guanidine groups is 1. The van der Waals surface area contributed by atoms with Gasteiger partial charge in [-0.2, -0.15) is 5.10 Å². The third kappa shape index (κ3) is 4.44. The normalized spacial score (nSPS) is 11.2. The molecule has 0 aliphatic carbocycles. The van der Waals surface area contributed by atoms with Crippen LogP contribution in [-0.2, 0) is 23.1 Å². The molecule has 0 fully saturated rings. The van der Waals surface area contributed by atoms with Crippen LogP contribution in [0.1, 0.15) is 12.1 Å². The average molecular weight is 253 g/mol. The Kier molecular flexibility index (Phi) is 5.69. The summed E-state index contributed by atoms with van der Waals surface area (Å²) >= 11 is 0. The van der Waals surface area contributed by atoms with Crippen LogP contribution in [0.4, 0.5) is 0 Å². The van der Waals surface area contributed by atoms with Gasteiger partial charge in [-0.15, -0.1) is 0 Å². The third-order valence-corrected chi connectivity index (χ3v) is 2.43. The molecule has 0 atom stereocenters. The monoisotopic (exact) mass is 253 g/mol. The van der Waals surface area contributed by atoms with Gasteiger partial charge in [0, 0.05) is 26.8 Å². The first kappa shape index (κ1) is 14.0. The Labute approximate surface area is 106 Å². The Bertz CT molecular complexity index is 413. The number of hydrogen-bond acceptors (Lipinski definition) is 4. The summed E-state index contributed by atoms with van der Waals surface area (Å²) in [6, 6.07) is 1.93. The maximum atomic E-state index is 10.9. The predicted molar refractivity (Wildman–Crippen MR) is 68.0 cm³/mol. The molecule has 0 spiro atoms. The summed E-state index contributed by atoms with van der Waals surface area (Å²) in [6.07, 6.45) is 2.05. The lowest BCUT2D eigenvalue weighted by Crippen LogP contribution is -2.38. The van der Waals surface area contributed by atoms with Gasteiger partial charge in [0.25, 0.3) is 0 Å². The molecule has 0 aromatic carbocycles. The van der Waals surface area contributed by atoms with E-state index in [-0.39, 0.29) is 5.97 Å². The number of nitrogens with one attached hydrogen (secondary N) is 2. The highest BCUT2D eigenvalue weighted by atomic mass is 16.5. The van der Waals surface area contributed by atoms with E-state index >= 15 is 0 Å². The highest BCUT2D eigenvalue weighted by Gasteiger charge is 2.03. The first-order chi connectivity index (χ1) is 8.67. The van der Waals surface area contributed by atoms with Crippen LogP contribution in [0.25, 0.3) is 0 Å². The summed E-state index contributed by atoms with van der Waals surface area (Å²) in [7, 11) is 4.93. The second kappa shape index (κ2) is 7.31. The number of aromatic nitrogens is 2. The van der Waals surface area contributed by atoms with E-state index in [2.05, 4.69) is 25.5 Å². The maximum Gasteiger partial charge on any atom is 0.307 e. The molecule has 0 saturated carbocycles. The molecule has 18 heavy (non-hydrogen) atoms. The molecular weight excluding hydrogens is 234 g/mol. The van der Waals surface area contributed by atoms with Gasteiger partial charge in [-0.25, -0.2) is 0 Å². The predicted octanol–water partition coefficient (Wildman–Crippen LogP) is -0.352. The number of hydrogen-bond donors (Lipinski definition) is 2. The highest BCUT2D eigenvalue weighted by molar-refractivity contribution is 5.80. The number of aliphatic imine (C=N–C) groups is 1. The summed E-state index contributed by atoms with van der Waals surface area (Å²) in [6.45, 7) is 1.10. The van der Waals surface area contributed by atoms with Crippen molar-refractivity contribution in [2.75, 3.05) is 20.7 Å². The van der Waals surface area contributed by atoms with E-state index in [9.17, 15) is 4.79 Å². The van der Waals surface area contributed by atoms with Crippen molar-refractivity contribution in [2.45, 2.75) is 13.0 Å². The van der Waals surface area contributed by atoms with Crippen LogP contribution >= 0.6 is 0 Å². The van der Waals surface area contributed by atoms with Gasteiger partial charge >= 0.3 is 5.97 Å². The van der Waals surface area contributed by atoms with Crippen LogP contribution in [0.2, 0.25) is 0 Å². The van der Waals surface area contributed by atoms with Crippen LogP contribution < -0.4 is 10.6 Å². The second-order valence-electron chi connectivity index (χ2n) is 3.62. The van der Waals surface area contributed by atoms with Crippen molar-refractivity contribution in [3.05, 3.63) is 18.0 Å². The van der Waals surface area contributed by atoms with Crippen LogP contribution in [0.15, 0.2) is 17.3 Å². The van der Waals surface area contributed by atoms with Gasteiger partial charge in [0.1, 0.15) is 0 Å². The molecule has 0 aliphatic rings. The van der Waals surface area contributed by atoms with Crippen molar-refractivity contribution in [3.63, 3.8) is 0 Å². The first-order valence-electron chi connectivity index (χ1n) is 5.65. The minimum Gasteiger partial charge on any atom is -0.469 e. The van der Waals surface area contributed by atoms with Crippen molar-refractivity contribution in [3.8, 4) is 0 Å². The van der Waals surface area contributed by atoms with E-state index < -0.39 is 0 Å². The van der Waals surface area contributed by atoms with Crippen molar-refractivity contribution < 1.29 is 9.53 Å². The second-order valence-corrected chi connectivity index (χ2v) is 3.62. The fourth-order valence-corrected chi connectivity index (χ4v) is 1.35. The number of aryl methyl sites for hydroxylation is 1. The number of esters is 1. The van der Waals surface area contributed by atoms with Crippen molar-refractivity contribution >= 4 is 11.9 Å². The summed E-state index contributed by atoms with van der Waals surface area (Å²) in [4.78, 5) is 15.0. The zero-order valence-electron chi connectivity index (χ0n) is 10.9. The molecule has 0 saturated heterocycles. The highest BCUT2D eigenvalue weighted by Crippen LogP contribution is 1.94. The van der Waals surface area contributed by atoms with Gasteiger partial charge in [0.05, 0.1) is 25.8 Å². The SMILES string of the molecule is CN=C(NCCC(=O)OC)NCc1ccnn1C. The topological polar surface area (TPSA) is 80.5 Å². The molecule has 0 unspecified atom stereocenters. The Morgan fingerprint density at radius 3 is 2.89 bits per heavy atom. The number of nitrogens with zero attached hydrogens (tertiary/aromatic N) is 3. The number of rotatable bonds is 5. The van der Waals surface area contributed by atoms with Gasteiger partial charge in [0.15, 0.2) is 5.96 Å². The fraction of sp³-hybridized carbons (Fsp3) is 0.545. The Hall–Kier alpha value is -2.05. The standard InChI is InChI=1S/C11H19N5O2/c1-12-11(13-6-5-10(17)18-3)14-8-9-4-7-15-16(9)2/h4,7H,5-6,8H2,1-3H3,(H2,12,13,14). The van der Waals surface area contributed by atoms with Crippen molar-refractivity contribution in [2.24, 2.45) is 12.0 Å². The summed E-state index contributed by atoms with van der Waals surface area (Å²) in [5.41, 5.74) is 1.05. The van der Waals surface area contributed by atoms with Crippen molar-refractivity contribution in [1.29, 1.82) is 0 Å². The maximum absolute atomic E-state index is 10.9. The van der Waals surface area contributed by atoms with Crippen molar-refractivity contribution in [1.82, 2.24) is 20.4 Å².